The van der Waals surface area contributed by atoms with E-state index in [9.17, 15) is 9.59 Å². The normalized spacial score (nSPS) is 10.8. The first-order chi connectivity index (χ1) is 12.1. The Balaban J connectivity index is 1.50. The van der Waals surface area contributed by atoms with Crippen LogP contribution in [-0.4, -0.2) is 34.2 Å². The third-order valence-corrected chi connectivity index (χ3v) is 4.66. The highest BCUT2D eigenvalue weighted by atomic mass is 32.2. The quantitative estimate of drug-likeness (QED) is 0.499. The van der Waals surface area contributed by atoms with E-state index in [0.717, 1.165) is 5.52 Å². The first-order valence-corrected chi connectivity index (χ1v) is 9.39. The zero-order valence-electron chi connectivity index (χ0n) is 13.4. The molecule has 0 spiro atoms. The molecule has 2 aromatic heterocycles. The van der Waals surface area contributed by atoms with Crippen molar-refractivity contribution >= 4 is 51.2 Å². The molecule has 2 heterocycles. The molecule has 25 heavy (non-hydrogen) atoms. The maximum atomic E-state index is 12.0. The fourth-order valence-electron chi connectivity index (χ4n) is 2.00. The Morgan fingerprint density at radius 1 is 1.32 bits per heavy atom. The summed E-state index contributed by atoms with van der Waals surface area (Å²) in [6, 6.07) is 7.42. The molecule has 0 saturated carbocycles. The Bertz CT molecular complexity index is 857. The van der Waals surface area contributed by atoms with Gasteiger partial charge in [0.05, 0.1) is 24.5 Å². The van der Waals surface area contributed by atoms with Gasteiger partial charge in [0.15, 0.2) is 10.7 Å². The number of oxazole rings is 1. The zero-order chi connectivity index (χ0) is 17.6. The molecule has 0 unspecified atom stereocenters. The number of hydrogen-bond acceptors (Lipinski definition) is 8. The van der Waals surface area contributed by atoms with Crippen LogP contribution >= 0.6 is 23.1 Å². The fraction of sp³-hybridized carbons (Fsp3) is 0.250. The number of hydrogen-bond donors (Lipinski definition) is 1. The van der Waals surface area contributed by atoms with Gasteiger partial charge in [0, 0.05) is 5.38 Å². The summed E-state index contributed by atoms with van der Waals surface area (Å²) >= 11 is 2.47. The second-order valence-corrected chi connectivity index (χ2v) is 6.69. The van der Waals surface area contributed by atoms with Gasteiger partial charge in [-0.05, 0) is 19.1 Å². The van der Waals surface area contributed by atoms with E-state index in [1.165, 1.54) is 23.1 Å². The van der Waals surface area contributed by atoms with Gasteiger partial charge < -0.3 is 14.5 Å². The van der Waals surface area contributed by atoms with E-state index < -0.39 is 0 Å². The third-order valence-electron chi connectivity index (χ3n) is 3.03. The molecule has 0 saturated heterocycles. The smallest absolute Gasteiger partial charge is 0.311 e. The number of para-hydroxylation sites is 2. The van der Waals surface area contributed by atoms with Gasteiger partial charge in [0.1, 0.15) is 5.52 Å². The number of nitrogens with zero attached hydrogens (tertiary/aromatic N) is 2. The number of ether oxygens (including phenoxy) is 1. The number of thiazole rings is 1. The maximum absolute atomic E-state index is 12.0. The summed E-state index contributed by atoms with van der Waals surface area (Å²) in [4.78, 5) is 31.9. The number of fused-ring (bicyclic) bond motifs is 1. The monoisotopic (exact) mass is 377 g/mol. The number of carbonyl (C=O) groups is 2. The van der Waals surface area contributed by atoms with Crippen LogP contribution in [0.4, 0.5) is 5.13 Å². The van der Waals surface area contributed by atoms with Gasteiger partial charge in [-0.3, -0.25) is 9.59 Å². The molecule has 0 atom stereocenters. The van der Waals surface area contributed by atoms with Crippen LogP contribution in [0.15, 0.2) is 39.3 Å². The van der Waals surface area contributed by atoms with Gasteiger partial charge >= 0.3 is 5.97 Å². The van der Waals surface area contributed by atoms with Gasteiger partial charge in [-0.2, -0.15) is 0 Å². The predicted octanol–water partition coefficient (Wildman–Crippen LogP) is 3.12. The van der Waals surface area contributed by atoms with Crippen molar-refractivity contribution in [2.75, 3.05) is 17.7 Å². The number of thioether (sulfide) groups is 1. The molecule has 0 aliphatic carbocycles. The van der Waals surface area contributed by atoms with Crippen molar-refractivity contribution in [3.63, 3.8) is 0 Å². The molecule has 0 aliphatic heterocycles. The molecule has 130 valence electrons. The standard InChI is InChI=1S/C16H15N3O4S2/c1-2-22-14(21)7-10-8-24-15(17-10)19-13(20)9-25-16-18-11-5-3-4-6-12(11)23-16/h3-6,8H,2,7,9H2,1H3,(H,17,19,20). The van der Waals surface area contributed by atoms with Crippen LogP contribution in [0.25, 0.3) is 11.1 Å². The van der Waals surface area contributed by atoms with Crippen LogP contribution in [-0.2, 0) is 20.7 Å². The van der Waals surface area contributed by atoms with Gasteiger partial charge in [0.2, 0.25) is 5.91 Å². The highest BCUT2D eigenvalue weighted by molar-refractivity contribution is 7.99. The summed E-state index contributed by atoms with van der Waals surface area (Å²) < 4.78 is 10.4. The molecule has 0 aliphatic rings. The second-order valence-electron chi connectivity index (χ2n) is 4.91. The Kier molecular flexibility index (Phi) is 5.67. The van der Waals surface area contributed by atoms with Crippen molar-refractivity contribution < 1.29 is 18.7 Å². The van der Waals surface area contributed by atoms with Gasteiger partial charge in [-0.25, -0.2) is 9.97 Å². The number of amides is 1. The maximum Gasteiger partial charge on any atom is 0.311 e. The Morgan fingerprint density at radius 2 is 2.16 bits per heavy atom. The summed E-state index contributed by atoms with van der Waals surface area (Å²) in [7, 11) is 0. The van der Waals surface area contributed by atoms with E-state index in [1.807, 2.05) is 24.3 Å². The topological polar surface area (TPSA) is 94.3 Å². The van der Waals surface area contributed by atoms with Gasteiger partial charge in [-0.15, -0.1) is 11.3 Å². The second kappa shape index (κ2) is 8.13. The van der Waals surface area contributed by atoms with Crippen LogP contribution in [0.5, 0.6) is 0 Å². The minimum absolute atomic E-state index is 0.0951. The van der Waals surface area contributed by atoms with E-state index in [2.05, 4.69) is 15.3 Å². The Morgan fingerprint density at radius 3 is 2.96 bits per heavy atom. The zero-order valence-corrected chi connectivity index (χ0v) is 15.0. The van der Waals surface area contributed by atoms with Crippen molar-refractivity contribution in [2.24, 2.45) is 0 Å². The van der Waals surface area contributed by atoms with E-state index in [4.69, 9.17) is 9.15 Å². The molecule has 3 aromatic rings. The summed E-state index contributed by atoms with van der Waals surface area (Å²) in [5.41, 5.74) is 2.02. The first-order valence-electron chi connectivity index (χ1n) is 7.52. The lowest BCUT2D eigenvalue weighted by molar-refractivity contribution is -0.142. The lowest BCUT2D eigenvalue weighted by atomic mass is 10.3. The molecule has 0 bridgehead atoms. The van der Waals surface area contributed by atoms with Crippen molar-refractivity contribution in [1.82, 2.24) is 9.97 Å². The van der Waals surface area contributed by atoms with E-state index in [1.54, 1.807) is 12.3 Å². The number of carbonyl (C=O) groups excluding carboxylic acids is 2. The number of nitrogens with one attached hydrogen (secondary N) is 1. The summed E-state index contributed by atoms with van der Waals surface area (Å²) in [5.74, 6) is -0.402. The summed E-state index contributed by atoms with van der Waals surface area (Å²) in [5, 5.41) is 5.31. The SMILES string of the molecule is CCOC(=O)Cc1csc(NC(=O)CSc2nc3ccccc3o2)n1. The molecule has 1 aromatic carbocycles. The number of benzene rings is 1. The Labute approximate surface area is 151 Å². The molecule has 1 N–H and O–H groups in total. The lowest BCUT2D eigenvalue weighted by Crippen LogP contribution is -2.14. The average molecular weight is 377 g/mol. The minimum Gasteiger partial charge on any atom is -0.466 e. The molecule has 1 amide bonds. The molecule has 0 radical (unpaired) electrons. The van der Waals surface area contributed by atoms with Crippen LogP contribution in [0.3, 0.4) is 0 Å². The number of esters is 1. The minimum atomic E-state index is -0.336. The largest absolute Gasteiger partial charge is 0.466 e. The first kappa shape index (κ1) is 17.4. The predicted molar refractivity (Wildman–Crippen MR) is 95.8 cm³/mol. The number of anilines is 1. The van der Waals surface area contributed by atoms with E-state index in [-0.39, 0.29) is 24.1 Å². The van der Waals surface area contributed by atoms with Crippen LogP contribution < -0.4 is 5.32 Å². The lowest BCUT2D eigenvalue weighted by Gasteiger charge is -2.00. The summed E-state index contributed by atoms with van der Waals surface area (Å²) in [6.07, 6.45) is 0.0951. The van der Waals surface area contributed by atoms with Gasteiger partial charge in [0.25, 0.3) is 5.22 Å². The molecular formula is C16H15N3O4S2. The highest BCUT2D eigenvalue weighted by Crippen LogP contribution is 2.23. The molecule has 7 nitrogen and oxygen atoms in total. The summed E-state index contributed by atoms with van der Waals surface area (Å²) in [6.45, 7) is 2.08. The number of rotatable bonds is 7. The highest BCUT2D eigenvalue weighted by Gasteiger charge is 2.12. The number of aromatic nitrogens is 2. The fourth-order valence-corrected chi connectivity index (χ4v) is 3.37. The van der Waals surface area contributed by atoms with E-state index in [0.29, 0.717) is 28.2 Å². The average Bonchev–Trinajstić information content (AvgIpc) is 3.19. The van der Waals surface area contributed by atoms with Crippen molar-refractivity contribution in [1.29, 1.82) is 0 Å². The van der Waals surface area contributed by atoms with E-state index >= 15 is 0 Å². The van der Waals surface area contributed by atoms with Crippen LogP contribution in [0.2, 0.25) is 0 Å². The molecule has 9 heteroatoms. The molecule has 3 rings (SSSR count). The molecule has 0 fully saturated rings. The van der Waals surface area contributed by atoms with Crippen LogP contribution in [0, 0.1) is 0 Å². The Hall–Kier alpha value is -2.39. The van der Waals surface area contributed by atoms with Crippen molar-refractivity contribution in [3.8, 4) is 0 Å². The van der Waals surface area contributed by atoms with Gasteiger partial charge in [-0.1, -0.05) is 23.9 Å². The van der Waals surface area contributed by atoms with Crippen LogP contribution in [0.1, 0.15) is 12.6 Å². The van der Waals surface area contributed by atoms with Crippen molar-refractivity contribution in [2.45, 2.75) is 18.6 Å². The third kappa shape index (κ3) is 4.80. The van der Waals surface area contributed by atoms with Crippen molar-refractivity contribution in [3.05, 3.63) is 35.3 Å². The molecular weight excluding hydrogens is 362 g/mol.